The molecule has 1 saturated heterocycles. The fraction of sp³-hybridized carbons (Fsp3) is 0.375. The number of rotatable bonds is 3. The molecule has 0 bridgehead atoms. The SMILES string of the molecule is Oc1ccc2c(c1O)C(=CC=NCC1(O)OCC(O)C(O)C1O)C=N2. The number of aromatic hydroxyl groups is 2. The number of aliphatic hydroxyl groups excluding tert-OH is 3. The number of phenols is 2. The van der Waals surface area contributed by atoms with Crippen molar-refractivity contribution < 1.29 is 35.4 Å². The second-order valence-corrected chi connectivity index (χ2v) is 5.86. The van der Waals surface area contributed by atoms with Crippen molar-refractivity contribution in [2.75, 3.05) is 13.2 Å². The number of benzene rings is 1. The van der Waals surface area contributed by atoms with E-state index in [2.05, 4.69) is 9.98 Å². The Morgan fingerprint density at radius 2 is 2.04 bits per heavy atom. The summed E-state index contributed by atoms with van der Waals surface area (Å²) in [6, 6.07) is 2.89. The Labute approximate surface area is 142 Å². The Morgan fingerprint density at radius 1 is 1.28 bits per heavy atom. The molecule has 25 heavy (non-hydrogen) atoms. The number of aliphatic imine (C=N–C) groups is 2. The first-order valence-corrected chi connectivity index (χ1v) is 7.53. The summed E-state index contributed by atoms with van der Waals surface area (Å²) in [7, 11) is 0. The van der Waals surface area contributed by atoms with Crippen molar-refractivity contribution in [2.45, 2.75) is 24.1 Å². The second kappa shape index (κ2) is 6.54. The average Bonchev–Trinajstić information content (AvgIpc) is 3.01. The van der Waals surface area contributed by atoms with Crippen LogP contribution in [0.25, 0.3) is 5.57 Å². The number of aliphatic hydroxyl groups is 4. The lowest BCUT2D eigenvalue weighted by Gasteiger charge is -2.40. The van der Waals surface area contributed by atoms with Crippen LogP contribution in [-0.4, -0.2) is 80.3 Å². The van der Waals surface area contributed by atoms with Gasteiger partial charge >= 0.3 is 0 Å². The van der Waals surface area contributed by atoms with Crippen molar-refractivity contribution in [3.05, 3.63) is 23.8 Å². The van der Waals surface area contributed by atoms with Crippen LogP contribution in [0.4, 0.5) is 5.69 Å². The Morgan fingerprint density at radius 3 is 2.80 bits per heavy atom. The van der Waals surface area contributed by atoms with Crippen LogP contribution in [0.1, 0.15) is 5.56 Å². The smallest absolute Gasteiger partial charge is 0.215 e. The Kier molecular flexibility index (Phi) is 4.58. The summed E-state index contributed by atoms with van der Waals surface area (Å²) in [6.45, 7) is -0.712. The van der Waals surface area contributed by atoms with E-state index in [9.17, 15) is 30.6 Å². The van der Waals surface area contributed by atoms with Crippen LogP contribution in [0.2, 0.25) is 0 Å². The third-order valence-electron chi connectivity index (χ3n) is 4.13. The van der Waals surface area contributed by atoms with Gasteiger partial charge in [-0.25, -0.2) is 0 Å². The molecule has 1 aromatic carbocycles. The molecule has 0 aliphatic carbocycles. The van der Waals surface area contributed by atoms with Crippen LogP contribution in [-0.2, 0) is 4.74 Å². The Bertz CT molecular complexity index is 761. The zero-order chi connectivity index (χ0) is 18.2. The van der Waals surface area contributed by atoms with Crippen LogP contribution < -0.4 is 0 Å². The normalized spacial score (nSPS) is 33.3. The van der Waals surface area contributed by atoms with Gasteiger partial charge in [-0.2, -0.15) is 0 Å². The summed E-state index contributed by atoms with van der Waals surface area (Å²) in [6.07, 6.45) is -0.250. The molecule has 0 radical (unpaired) electrons. The van der Waals surface area contributed by atoms with E-state index in [1.807, 2.05) is 0 Å². The predicted octanol–water partition coefficient (Wildman–Crippen LogP) is -0.931. The highest BCUT2D eigenvalue weighted by atomic mass is 16.6. The third kappa shape index (κ3) is 3.15. The first kappa shape index (κ1) is 17.5. The van der Waals surface area contributed by atoms with Gasteiger partial charge in [-0.05, 0) is 18.2 Å². The molecule has 3 rings (SSSR count). The van der Waals surface area contributed by atoms with Gasteiger partial charge in [0.2, 0.25) is 5.79 Å². The maximum atomic E-state index is 10.2. The van der Waals surface area contributed by atoms with Gasteiger partial charge in [0.25, 0.3) is 0 Å². The molecule has 0 amide bonds. The molecule has 2 aliphatic rings. The quantitative estimate of drug-likeness (QED) is 0.304. The van der Waals surface area contributed by atoms with Crippen LogP contribution in [0.15, 0.2) is 28.2 Å². The summed E-state index contributed by atoms with van der Waals surface area (Å²) in [5, 5.41) is 58.5. The highest BCUT2D eigenvalue weighted by molar-refractivity contribution is 6.20. The lowest BCUT2D eigenvalue weighted by atomic mass is 9.97. The molecule has 134 valence electrons. The molecule has 4 unspecified atom stereocenters. The molecule has 6 N–H and O–H groups in total. The number of fused-ring (bicyclic) bond motifs is 1. The molecule has 0 saturated carbocycles. The highest BCUT2D eigenvalue weighted by Crippen LogP contribution is 2.42. The lowest BCUT2D eigenvalue weighted by Crippen LogP contribution is -2.62. The van der Waals surface area contributed by atoms with Crippen molar-refractivity contribution >= 4 is 23.7 Å². The zero-order valence-corrected chi connectivity index (χ0v) is 13.0. The van der Waals surface area contributed by atoms with E-state index in [0.29, 0.717) is 16.8 Å². The summed E-state index contributed by atoms with van der Waals surface area (Å²) in [4.78, 5) is 8.02. The molecule has 9 heteroatoms. The summed E-state index contributed by atoms with van der Waals surface area (Å²) in [5.74, 6) is -2.68. The van der Waals surface area contributed by atoms with Gasteiger partial charge in [-0.1, -0.05) is 0 Å². The maximum absolute atomic E-state index is 10.2. The largest absolute Gasteiger partial charge is 0.504 e. The van der Waals surface area contributed by atoms with Gasteiger partial charge in [0.1, 0.15) is 18.3 Å². The average molecular weight is 350 g/mol. The summed E-state index contributed by atoms with van der Waals surface area (Å²) < 4.78 is 4.99. The first-order valence-electron chi connectivity index (χ1n) is 7.53. The van der Waals surface area contributed by atoms with Gasteiger partial charge in [-0.3, -0.25) is 9.98 Å². The van der Waals surface area contributed by atoms with Crippen LogP contribution in [0.3, 0.4) is 0 Å². The number of hydrogen-bond donors (Lipinski definition) is 6. The van der Waals surface area contributed by atoms with Crippen LogP contribution in [0.5, 0.6) is 11.5 Å². The minimum absolute atomic E-state index is 0.271. The van der Waals surface area contributed by atoms with Crippen molar-refractivity contribution in [1.29, 1.82) is 0 Å². The van der Waals surface area contributed by atoms with E-state index in [1.54, 1.807) is 6.07 Å². The fourth-order valence-electron chi connectivity index (χ4n) is 2.64. The van der Waals surface area contributed by atoms with E-state index < -0.39 is 24.1 Å². The third-order valence-corrected chi connectivity index (χ3v) is 4.13. The van der Waals surface area contributed by atoms with Gasteiger partial charge in [0.05, 0.1) is 24.4 Å². The second-order valence-electron chi connectivity index (χ2n) is 5.86. The van der Waals surface area contributed by atoms with E-state index in [1.165, 1.54) is 24.6 Å². The van der Waals surface area contributed by atoms with Crippen LogP contribution in [0, 0.1) is 0 Å². The fourth-order valence-corrected chi connectivity index (χ4v) is 2.64. The Balaban J connectivity index is 1.72. The monoisotopic (exact) mass is 350 g/mol. The molecule has 0 aromatic heterocycles. The highest BCUT2D eigenvalue weighted by Gasteiger charge is 2.48. The molecule has 2 heterocycles. The summed E-state index contributed by atoms with van der Waals surface area (Å²) >= 11 is 0. The predicted molar refractivity (Wildman–Crippen MR) is 88.2 cm³/mol. The van der Waals surface area contributed by atoms with E-state index in [0.717, 1.165) is 0 Å². The van der Waals surface area contributed by atoms with Crippen molar-refractivity contribution in [3.8, 4) is 11.5 Å². The number of nitrogens with zero attached hydrogens (tertiary/aromatic N) is 2. The number of hydrogen-bond acceptors (Lipinski definition) is 9. The molecule has 1 aromatic rings. The molecule has 2 aliphatic heterocycles. The van der Waals surface area contributed by atoms with E-state index >= 15 is 0 Å². The molecule has 1 fully saturated rings. The van der Waals surface area contributed by atoms with Crippen molar-refractivity contribution in [3.63, 3.8) is 0 Å². The van der Waals surface area contributed by atoms with Gasteiger partial charge in [-0.15, -0.1) is 0 Å². The van der Waals surface area contributed by atoms with E-state index in [-0.39, 0.29) is 24.7 Å². The van der Waals surface area contributed by atoms with Crippen molar-refractivity contribution in [1.82, 2.24) is 0 Å². The lowest BCUT2D eigenvalue weighted by molar-refractivity contribution is -0.315. The minimum atomic E-state index is -2.12. The first-order chi connectivity index (χ1) is 11.8. The van der Waals surface area contributed by atoms with Crippen molar-refractivity contribution in [2.24, 2.45) is 9.98 Å². The molecule has 0 spiro atoms. The number of ether oxygens (including phenoxy) is 1. The van der Waals surface area contributed by atoms with Gasteiger partial charge < -0.3 is 35.4 Å². The minimum Gasteiger partial charge on any atom is -0.504 e. The number of phenolic OH excluding ortho intramolecular Hbond substituents is 2. The van der Waals surface area contributed by atoms with Gasteiger partial charge in [0, 0.05) is 18.0 Å². The number of allylic oxidation sites excluding steroid dienone is 2. The maximum Gasteiger partial charge on any atom is 0.215 e. The topological polar surface area (TPSA) is 155 Å². The van der Waals surface area contributed by atoms with E-state index in [4.69, 9.17) is 4.74 Å². The zero-order valence-electron chi connectivity index (χ0n) is 13.0. The molecular weight excluding hydrogens is 332 g/mol. The van der Waals surface area contributed by atoms with Crippen LogP contribution >= 0.6 is 0 Å². The standard InChI is InChI=1S/C16H18N2O7/c19-10-2-1-9-12(13(10)21)8(5-18-9)3-4-17-7-16(24)15(23)14(22)11(20)6-25-16/h1-5,11,14-15,19-24H,6-7H2. The van der Waals surface area contributed by atoms with Gasteiger partial charge in [0.15, 0.2) is 11.5 Å². The summed E-state index contributed by atoms with van der Waals surface area (Å²) in [5.41, 5.74) is 1.36. The molecule has 9 nitrogen and oxygen atoms in total. The molecular formula is C16H18N2O7. The molecule has 4 atom stereocenters. The Hall–Kier alpha value is -2.30.